The molecule has 3 rings (SSSR count). The van der Waals surface area contributed by atoms with Gasteiger partial charge in [0.05, 0.1) is 0 Å². The molecule has 2 fully saturated rings. The number of ketones is 1. The molecule has 21 heavy (non-hydrogen) atoms. The first-order valence-electron chi connectivity index (χ1n) is 9.15. The Kier molecular flexibility index (Phi) is 3.83. The summed E-state index contributed by atoms with van der Waals surface area (Å²) in [6.07, 6.45) is 10.7. The molecule has 0 bridgehead atoms. The second-order valence-corrected chi connectivity index (χ2v) is 8.71. The zero-order valence-corrected chi connectivity index (χ0v) is 14.4. The van der Waals surface area contributed by atoms with E-state index < -0.39 is 0 Å². The van der Waals surface area contributed by atoms with E-state index in [2.05, 4.69) is 27.7 Å². The van der Waals surface area contributed by atoms with Crippen LogP contribution in [-0.2, 0) is 4.79 Å². The van der Waals surface area contributed by atoms with Crippen LogP contribution < -0.4 is 0 Å². The van der Waals surface area contributed by atoms with E-state index in [0.29, 0.717) is 22.5 Å². The van der Waals surface area contributed by atoms with Gasteiger partial charge in [0.1, 0.15) is 0 Å². The van der Waals surface area contributed by atoms with Gasteiger partial charge in [-0.05, 0) is 66.8 Å². The van der Waals surface area contributed by atoms with E-state index in [1.54, 1.807) is 5.57 Å². The predicted octanol–water partition coefficient (Wildman–Crippen LogP) is 5.69. The molecule has 1 heteroatoms. The Morgan fingerprint density at radius 2 is 1.86 bits per heavy atom. The van der Waals surface area contributed by atoms with Gasteiger partial charge >= 0.3 is 0 Å². The maximum Gasteiger partial charge on any atom is 0.158 e. The molecule has 0 aromatic rings. The molecule has 3 aliphatic rings. The van der Waals surface area contributed by atoms with Gasteiger partial charge in [-0.2, -0.15) is 0 Å². The van der Waals surface area contributed by atoms with Gasteiger partial charge in [0.25, 0.3) is 0 Å². The first kappa shape index (κ1) is 15.3. The van der Waals surface area contributed by atoms with E-state index >= 15 is 0 Å². The minimum atomic E-state index is 0.453. The molecule has 1 nitrogen and oxygen atoms in total. The first-order chi connectivity index (χ1) is 9.90. The van der Waals surface area contributed by atoms with E-state index in [0.717, 1.165) is 31.6 Å². The molecule has 0 heterocycles. The van der Waals surface area contributed by atoms with E-state index in [9.17, 15) is 4.79 Å². The molecule has 0 radical (unpaired) electrons. The van der Waals surface area contributed by atoms with Crippen LogP contribution in [-0.4, -0.2) is 5.78 Å². The zero-order valence-electron chi connectivity index (χ0n) is 14.4. The van der Waals surface area contributed by atoms with Crippen LogP contribution in [0.25, 0.3) is 0 Å². The van der Waals surface area contributed by atoms with Crippen molar-refractivity contribution in [3.63, 3.8) is 0 Å². The Labute approximate surface area is 130 Å². The van der Waals surface area contributed by atoms with Crippen molar-refractivity contribution >= 4 is 5.78 Å². The van der Waals surface area contributed by atoms with Gasteiger partial charge in [-0.1, -0.05) is 46.1 Å². The normalized spacial score (nSPS) is 39.0. The van der Waals surface area contributed by atoms with Crippen LogP contribution in [0, 0.1) is 22.7 Å². The summed E-state index contributed by atoms with van der Waals surface area (Å²) in [7, 11) is 0. The van der Waals surface area contributed by atoms with E-state index in [4.69, 9.17) is 0 Å². The highest BCUT2D eigenvalue weighted by Gasteiger charge is 2.54. The zero-order chi connectivity index (χ0) is 15.3. The van der Waals surface area contributed by atoms with Crippen LogP contribution in [0.4, 0.5) is 0 Å². The molecule has 0 saturated heterocycles. The number of hydrogen-bond acceptors (Lipinski definition) is 1. The number of rotatable bonds is 2. The summed E-state index contributed by atoms with van der Waals surface area (Å²) >= 11 is 0. The van der Waals surface area contributed by atoms with Crippen LogP contribution in [0.5, 0.6) is 0 Å². The number of carbonyl (C=O) groups excluding carboxylic acids is 1. The molecule has 2 saturated carbocycles. The van der Waals surface area contributed by atoms with Crippen molar-refractivity contribution in [2.24, 2.45) is 22.7 Å². The molecule has 0 amide bonds. The molecule has 0 N–H and O–H groups in total. The Morgan fingerprint density at radius 3 is 2.57 bits per heavy atom. The largest absolute Gasteiger partial charge is 0.295 e. The molecule has 0 aliphatic heterocycles. The molecular formula is C20H32O. The lowest BCUT2D eigenvalue weighted by Crippen LogP contribution is -2.50. The van der Waals surface area contributed by atoms with E-state index in [1.807, 2.05) is 0 Å². The summed E-state index contributed by atoms with van der Waals surface area (Å²) in [5.74, 6) is 2.03. The third kappa shape index (κ3) is 2.32. The summed E-state index contributed by atoms with van der Waals surface area (Å²) in [6, 6.07) is 0. The molecule has 0 aromatic heterocycles. The fourth-order valence-corrected chi connectivity index (χ4v) is 6.20. The summed E-state index contributed by atoms with van der Waals surface area (Å²) < 4.78 is 0. The molecule has 0 spiro atoms. The average molecular weight is 288 g/mol. The smallest absolute Gasteiger partial charge is 0.158 e. The Balaban J connectivity index is 2.01. The molecule has 0 aromatic carbocycles. The first-order valence-corrected chi connectivity index (χ1v) is 9.15. The molecule has 0 unspecified atom stereocenters. The number of allylic oxidation sites excluding steroid dienone is 2. The van der Waals surface area contributed by atoms with Crippen molar-refractivity contribution in [3.8, 4) is 0 Å². The number of hydrogen-bond donors (Lipinski definition) is 0. The number of Topliss-reactive ketones (excluding diaryl/α,β-unsaturated/α-hetero) is 1. The highest BCUT2D eigenvalue weighted by atomic mass is 16.1. The lowest BCUT2D eigenvalue weighted by atomic mass is 9.46. The van der Waals surface area contributed by atoms with Crippen molar-refractivity contribution in [2.45, 2.75) is 85.5 Å². The monoisotopic (exact) mass is 288 g/mol. The van der Waals surface area contributed by atoms with Crippen molar-refractivity contribution < 1.29 is 4.79 Å². The van der Waals surface area contributed by atoms with Crippen LogP contribution in [0.15, 0.2) is 11.1 Å². The van der Waals surface area contributed by atoms with Gasteiger partial charge in [-0.15, -0.1) is 0 Å². The summed E-state index contributed by atoms with van der Waals surface area (Å²) in [5, 5.41) is 0. The van der Waals surface area contributed by atoms with Gasteiger partial charge in [-0.25, -0.2) is 0 Å². The Hall–Kier alpha value is -0.590. The van der Waals surface area contributed by atoms with Gasteiger partial charge in [0.15, 0.2) is 5.78 Å². The molecule has 3 aliphatic carbocycles. The molecular weight excluding hydrogens is 256 g/mol. The van der Waals surface area contributed by atoms with Gasteiger partial charge < -0.3 is 0 Å². The molecule has 118 valence electrons. The van der Waals surface area contributed by atoms with Crippen LogP contribution in [0.1, 0.15) is 85.5 Å². The van der Waals surface area contributed by atoms with Gasteiger partial charge in [0.2, 0.25) is 0 Å². The SMILES string of the molecule is CCCC1=C2CC[C@H]3C(C)(C)CCC[C@]3(C)[C@H]2CCC1=O. The van der Waals surface area contributed by atoms with Crippen molar-refractivity contribution in [1.82, 2.24) is 0 Å². The third-order valence-electron chi connectivity index (χ3n) is 7.08. The maximum atomic E-state index is 12.4. The minimum absolute atomic E-state index is 0.453. The summed E-state index contributed by atoms with van der Waals surface area (Å²) in [6.45, 7) is 9.75. The van der Waals surface area contributed by atoms with E-state index in [1.165, 1.54) is 37.7 Å². The second-order valence-electron chi connectivity index (χ2n) is 8.71. The van der Waals surface area contributed by atoms with Gasteiger partial charge in [0, 0.05) is 6.42 Å². The van der Waals surface area contributed by atoms with E-state index in [-0.39, 0.29) is 0 Å². The highest BCUT2D eigenvalue weighted by molar-refractivity contribution is 5.97. The predicted molar refractivity (Wildman–Crippen MR) is 88.1 cm³/mol. The van der Waals surface area contributed by atoms with Crippen LogP contribution in [0.2, 0.25) is 0 Å². The lowest BCUT2D eigenvalue weighted by Gasteiger charge is -2.59. The third-order valence-corrected chi connectivity index (χ3v) is 7.08. The maximum absolute atomic E-state index is 12.4. The van der Waals surface area contributed by atoms with Crippen LogP contribution in [0.3, 0.4) is 0 Å². The lowest BCUT2D eigenvalue weighted by molar-refractivity contribution is -0.118. The van der Waals surface area contributed by atoms with Gasteiger partial charge in [-0.3, -0.25) is 4.79 Å². The molecule has 3 atom stereocenters. The van der Waals surface area contributed by atoms with Crippen LogP contribution >= 0.6 is 0 Å². The average Bonchev–Trinajstić information content (AvgIpc) is 2.41. The quantitative estimate of drug-likeness (QED) is 0.638. The highest BCUT2D eigenvalue weighted by Crippen LogP contribution is 2.63. The second kappa shape index (κ2) is 5.25. The van der Waals surface area contributed by atoms with Crippen molar-refractivity contribution in [1.29, 1.82) is 0 Å². The minimum Gasteiger partial charge on any atom is -0.295 e. The van der Waals surface area contributed by atoms with Crippen molar-refractivity contribution in [2.75, 3.05) is 0 Å². The Morgan fingerprint density at radius 1 is 1.10 bits per heavy atom. The topological polar surface area (TPSA) is 17.1 Å². The summed E-state index contributed by atoms with van der Waals surface area (Å²) in [5.41, 5.74) is 3.78. The fraction of sp³-hybridized carbons (Fsp3) is 0.850. The Bertz CT molecular complexity index is 470. The number of carbonyl (C=O) groups is 1. The van der Waals surface area contributed by atoms with Crippen molar-refractivity contribution in [3.05, 3.63) is 11.1 Å². The fourth-order valence-electron chi connectivity index (χ4n) is 6.20. The number of fused-ring (bicyclic) bond motifs is 3. The standard InChI is InChI=1S/C20H32O/c1-5-7-15-14-8-11-18-19(2,3)12-6-13-20(18,4)16(14)9-10-17(15)21/h16,18H,5-13H2,1-4H3/t16-,18-,20+/m0/s1. The summed E-state index contributed by atoms with van der Waals surface area (Å²) in [4.78, 5) is 12.4.